The largest absolute Gasteiger partial charge is 0.0616 e. The minimum Gasteiger partial charge on any atom is -0.0616 e. The van der Waals surface area contributed by atoms with E-state index in [1.54, 1.807) is 0 Å². The molecule has 0 heterocycles. The summed E-state index contributed by atoms with van der Waals surface area (Å²) in [5.41, 5.74) is 20.3. The molecule has 0 saturated carbocycles. The van der Waals surface area contributed by atoms with Gasteiger partial charge in [0, 0.05) is 0 Å². The number of fused-ring (bicyclic) bond motifs is 8. The fourth-order valence-corrected chi connectivity index (χ4v) is 19.6. The lowest BCUT2D eigenvalue weighted by Gasteiger charge is -2.19. The van der Waals surface area contributed by atoms with Crippen LogP contribution in [0.1, 0.15) is 0 Å². The van der Waals surface area contributed by atoms with Crippen molar-refractivity contribution in [1.82, 2.24) is 0 Å². The van der Waals surface area contributed by atoms with Crippen LogP contribution in [0.5, 0.6) is 0 Å². The van der Waals surface area contributed by atoms with Gasteiger partial charge in [-0.25, -0.2) is 0 Å². The van der Waals surface area contributed by atoms with Crippen LogP contribution in [0.15, 0.2) is 449 Å². The Morgan fingerprint density at radius 3 is 0.771 bits per heavy atom. The van der Waals surface area contributed by atoms with Gasteiger partial charge in [-0.15, -0.1) is 0 Å². The first-order chi connectivity index (χ1) is 58.5. The highest BCUT2D eigenvalue weighted by Crippen LogP contribution is 2.50. The van der Waals surface area contributed by atoms with E-state index in [4.69, 9.17) is 0 Å². The summed E-state index contributed by atoms with van der Waals surface area (Å²) >= 11 is 0. The predicted octanol–water partition coefficient (Wildman–Crippen LogP) is 33.4. The minimum absolute atomic E-state index is 1.23. The maximum atomic E-state index is 2.36. The normalized spacial score (nSPS) is 11.7. The number of hydrogen-bond acceptors (Lipinski definition) is 0. The summed E-state index contributed by atoms with van der Waals surface area (Å²) in [7, 11) is 0. The van der Waals surface area contributed by atoms with E-state index in [0.29, 0.717) is 0 Å². The van der Waals surface area contributed by atoms with Gasteiger partial charge in [0.15, 0.2) is 0 Å². The lowest BCUT2D eigenvalue weighted by Crippen LogP contribution is -1.91. The molecule has 25 rings (SSSR count). The second kappa shape index (κ2) is 28.3. The molecule has 25 aromatic rings. The van der Waals surface area contributed by atoms with Crippen LogP contribution in [0.3, 0.4) is 0 Å². The molecular weight excluding hydrogens is 1420 g/mol. The monoisotopic (exact) mass is 1490 g/mol. The van der Waals surface area contributed by atoms with Gasteiger partial charge in [-0.05, 0) is 264 Å². The Morgan fingerprint density at radius 2 is 0.347 bits per heavy atom. The van der Waals surface area contributed by atoms with Crippen molar-refractivity contribution >= 4 is 151 Å². The van der Waals surface area contributed by atoms with E-state index >= 15 is 0 Å². The van der Waals surface area contributed by atoms with E-state index in [2.05, 4.69) is 449 Å². The lowest BCUT2D eigenvalue weighted by atomic mass is 9.84. The molecule has 0 fully saturated rings. The maximum absolute atomic E-state index is 2.36. The van der Waals surface area contributed by atoms with Crippen LogP contribution in [0.2, 0.25) is 0 Å². The summed E-state index contributed by atoms with van der Waals surface area (Å²) < 4.78 is 0. The molecule has 0 bridgehead atoms. The molecule has 0 amide bonds. The molecule has 0 atom stereocenters. The van der Waals surface area contributed by atoms with Gasteiger partial charge in [-0.1, -0.05) is 425 Å². The minimum atomic E-state index is 1.23. The Kier molecular flexibility index (Phi) is 16.4. The Labute approximate surface area is 684 Å². The second-order valence-corrected chi connectivity index (χ2v) is 31.5. The number of hydrogen-bond donors (Lipinski definition) is 0. The molecule has 0 aromatic heterocycles. The van der Waals surface area contributed by atoms with Gasteiger partial charge >= 0.3 is 0 Å². The van der Waals surface area contributed by atoms with Crippen molar-refractivity contribution in [2.24, 2.45) is 0 Å². The number of benzene rings is 25. The second-order valence-electron chi connectivity index (χ2n) is 31.5. The fourth-order valence-electron chi connectivity index (χ4n) is 19.6. The zero-order valence-corrected chi connectivity index (χ0v) is 64.7. The zero-order valence-electron chi connectivity index (χ0n) is 64.7. The summed E-state index contributed by atoms with van der Waals surface area (Å²) in [6, 6.07) is 165. The van der Waals surface area contributed by atoms with E-state index in [9.17, 15) is 0 Å². The Morgan fingerprint density at radius 1 is 0.0932 bits per heavy atom. The quantitative estimate of drug-likeness (QED) is 0.105. The molecule has 0 unspecified atom stereocenters. The molecule has 0 aliphatic carbocycles. The molecular formula is C118H74. The van der Waals surface area contributed by atoms with Crippen molar-refractivity contribution in [2.75, 3.05) is 0 Å². The van der Waals surface area contributed by atoms with Gasteiger partial charge in [0.25, 0.3) is 0 Å². The topological polar surface area (TPSA) is 0 Å². The first-order valence-electron chi connectivity index (χ1n) is 41.0. The number of rotatable bonds is 8. The summed E-state index contributed by atoms with van der Waals surface area (Å²) in [4.78, 5) is 0. The van der Waals surface area contributed by atoms with Crippen molar-refractivity contribution in [3.8, 4) is 89.0 Å². The standard InChI is InChI=1S/C44H26.C40H26.C34H22/c1-5-27-13-15-31-17-21-37(39-23-19-29(7-1)41(27)43(31)39)35-11-3-9-33(25-35)34-10-4-12-36(26-34)38-22-18-32-16-14-28-6-2-8-30-20-24-40(38)44(32)42(28)30;1-2-12-31-26-32(25-22-27(31)10-1)28-20-23-30(24-21-28)39-35-15-5-7-17-37(35)40(38-18-8-6-16-36(38)39)34-19-9-13-29-11-3-4-14-33(29)34;1-2-12-25-22-26(21-20-23(25)10-1)33-29-15-5-7-17-31(29)34(32-18-8-6-16-30(32)33)28-19-9-13-24-11-3-4-14-27(24)28/h1-26H;1-26H;1-22H. The first-order valence-corrected chi connectivity index (χ1v) is 41.0. The van der Waals surface area contributed by atoms with Gasteiger partial charge in [-0.2, -0.15) is 0 Å². The molecule has 118 heavy (non-hydrogen) atoms. The van der Waals surface area contributed by atoms with Crippen molar-refractivity contribution < 1.29 is 0 Å². The van der Waals surface area contributed by atoms with Gasteiger partial charge in [0.05, 0.1) is 0 Å². The molecule has 0 N–H and O–H groups in total. The fraction of sp³-hybridized carbons (Fsp3) is 0. The third-order valence-corrected chi connectivity index (χ3v) is 25.0. The molecule has 25 aromatic carbocycles. The average Bonchev–Trinajstić information content (AvgIpc) is 0.740. The molecule has 0 saturated heterocycles. The van der Waals surface area contributed by atoms with E-state index in [1.165, 1.54) is 240 Å². The molecule has 0 heteroatoms. The van der Waals surface area contributed by atoms with Crippen LogP contribution in [0, 0.1) is 0 Å². The lowest BCUT2D eigenvalue weighted by molar-refractivity contribution is 1.60. The van der Waals surface area contributed by atoms with Crippen LogP contribution >= 0.6 is 0 Å². The van der Waals surface area contributed by atoms with Crippen LogP contribution in [0.25, 0.3) is 240 Å². The summed E-state index contributed by atoms with van der Waals surface area (Å²) in [6.07, 6.45) is 0. The summed E-state index contributed by atoms with van der Waals surface area (Å²) in [5.74, 6) is 0. The zero-order chi connectivity index (χ0) is 77.7. The molecule has 0 aliphatic heterocycles. The van der Waals surface area contributed by atoms with Crippen molar-refractivity contribution in [3.63, 3.8) is 0 Å². The van der Waals surface area contributed by atoms with Crippen molar-refractivity contribution in [2.45, 2.75) is 0 Å². The molecule has 0 aliphatic rings. The van der Waals surface area contributed by atoms with Crippen LogP contribution in [-0.4, -0.2) is 0 Å². The molecule has 0 spiro atoms. The van der Waals surface area contributed by atoms with E-state index in [1.807, 2.05) is 0 Å². The average molecular weight is 1490 g/mol. The van der Waals surface area contributed by atoms with Crippen molar-refractivity contribution in [3.05, 3.63) is 449 Å². The SMILES string of the molecule is c1cc(-c2cccc(-c3ccc4ccc5cccc6ccc3c4c56)c2)cc(-c2ccc3ccc4cccc5ccc2c3c45)c1.c1ccc2cc(-c3c4ccccc4c(-c4cccc5ccccc45)c4ccccc34)ccc2c1.c1ccc2cc(-c3ccc(-c4c5ccccc5c(-c5cccc6ccccc56)c5ccccc45)cc3)ccc2c1. The van der Waals surface area contributed by atoms with E-state index < -0.39 is 0 Å². The highest BCUT2D eigenvalue weighted by Gasteiger charge is 2.22. The molecule has 0 nitrogen and oxygen atoms in total. The van der Waals surface area contributed by atoms with Gasteiger partial charge in [-0.3, -0.25) is 0 Å². The Hall–Kier alpha value is -15.3. The third kappa shape index (κ3) is 11.5. The summed E-state index contributed by atoms with van der Waals surface area (Å²) in [6.45, 7) is 0. The van der Waals surface area contributed by atoms with Gasteiger partial charge in [0.2, 0.25) is 0 Å². The third-order valence-electron chi connectivity index (χ3n) is 25.0. The van der Waals surface area contributed by atoms with Gasteiger partial charge in [0.1, 0.15) is 0 Å². The van der Waals surface area contributed by atoms with Crippen LogP contribution < -0.4 is 0 Å². The highest BCUT2D eigenvalue weighted by molar-refractivity contribution is 6.29. The Balaban J connectivity index is 0.000000105. The van der Waals surface area contributed by atoms with Crippen molar-refractivity contribution in [1.29, 1.82) is 0 Å². The van der Waals surface area contributed by atoms with Gasteiger partial charge < -0.3 is 0 Å². The van der Waals surface area contributed by atoms with E-state index in [-0.39, 0.29) is 0 Å². The molecule has 0 radical (unpaired) electrons. The summed E-state index contributed by atoms with van der Waals surface area (Å²) in [5, 5.41) is 36.4. The molecule has 546 valence electrons. The maximum Gasteiger partial charge on any atom is -0.00201 e. The van der Waals surface area contributed by atoms with Crippen LogP contribution in [-0.2, 0) is 0 Å². The first kappa shape index (κ1) is 68.3. The Bertz CT molecular complexity index is 7960. The highest BCUT2D eigenvalue weighted by atomic mass is 14.3. The predicted molar refractivity (Wildman–Crippen MR) is 510 cm³/mol. The van der Waals surface area contributed by atoms with Crippen LogP contribution in [0.4, 0.5) is 0 Å². The van der Waals surface area contributed by atoms with E-state index in [0.717, 1.165) is 0 Å². The smallest absolute Gasteiger partial charge is 0.00201 e.